The molecule has 0 aliphatic heterocycles. The van der Waals surface area contributed by atoms with E-state index < -0.39 is 22.6 Å². The van der Waals surface area contributed by atoms with Gasteiger partial charge in [-0.05, 0) is 6.07 Å². The average Bonchev–Trinajstić information content (AvgIpc) is 2.17. The van der Waals surface area contributed by atoms with Gasteiger partial charge in [-0.3, -0.25) is 15.1 Å². The van der Waals surface area contributed by atoms with Crippen molar-refractivity contribution in [2.24, 2.45) is 0 Å². The van der Waals surface area contributed by atoms with Gasteiger partial charge in [0.05, 0.1) is 23.0 Å². The number of nitriles is 1. The zero-order valence-corrected chi connectivity index (χ0v) is 7.35. The number of alkyl halides is 2. The van der Waals surface area contributed by atoms with Crippen molar-refractivity contribution in [1.29, 1.82) is 5.26 Å². The molecule has 0 aromatic carbocycles. The molecule has 0 saturated heterocycles. The van der Waals surface area contributed by atoms with E-state index in [1.807, 2.05) is 0 Å². The summed E-state index contributed by atoms with van der Waals surface area (Å²) in [4.78, 5) is 13.1. The predicted octanol–water partition coefficient (Wildman–Crippen LogP) is 1.99. The highest BCUT2D eigenvalue weighted by Crippen LogP contribution is 2.30. The fourth-order valence-electron chi connectivity index (χ4n) is 1.11. The van der Waals surface area contributed by atoms with Crippen molar-refractivity contribution < 1.29 is 13.7 Å². The van der Waals surface area contributed by atoms with Crippen LogP contribution in [0.5, 0.6) is 0 Å². The molecule has 0 bridgehead atoms. The first-order chi connectivity index (χ1) is 7.07. The smallest absolute Gasteiger partial charge is 0.258 e. The Kier molecular flexibility index (Phi) is 3.23. The number of hydrogen-bond acceptors (Lipinski definition) is 4. The Hall–Kier alpha value is -2.10. The summed E-state index contributed by atoms with van der Waals surface area (Å²) in [5.74, 6) is 0. The lowest BCUT2D eigenvalue weighted by Gasteiger charge is -2.03. The summed E-state index contributed by atoms with van der Waals surface area (Å²) >= 11 is 0. The predicted molar refractivity (Wildman–Crippen MR) is 45.2 cm³/mol. The third kappa shape index (κ3) is 2.22. The molecule has 1 aromatic heterocycles. The number of pyridine rings is 1. The summed E-state index contributed by atoms with van der Waals surface area (Å²) in [6, 6.07) is 2.51. The highest BCUT2D eigenvalue weighted by Gasteiger charge is 2.26. The van der Waals surface area contributed by atoms with E-state index in [0.717, 1.165) is 12.3 Å². The highest BCUT2D eigenvalue weighted by molar-refractivity contribution is 5.45. The number of nitro groups is 1. The molecule has 0 fully saturated rings. The van der Waals surface area contributed by atoms with E-state index in [-0.39, 0.29) is 12.1 Å². The molecule has 15 heavy (non-hydrogen) atoms. The Morgan fingerprint density at radius 2 is 2.33 bits per heavy atom. The molecule has 0 spiro atoms. The first kappa shape index (κ1) is 11.0. The Bertz CT molecular complexity index is 428. The maximum absolute atomic E-state index is 12.4. The van der Waals surface area contributed by atoms with Crippen molar-refractivity contribution in [3.05, 3.63) is 33.6 Å². The Morgan fingerprint density at radius 3 is 2.80 bits per heavy atom. The van der Waals surface area contributed by atoms with Crippen LogP contribution in [0.3, 0.4) is 0 Å². The minimum absolute atomic E-state index is 0.236. The summed E-state index contributed by atoms with van der Waals surface area (Å²) in [5, 5.41) is 18.9. The van der Waals surface area contributed by atoms with Crippen molar-refractivity contribution in [2.45, 2.75) is 12.8 Å². The van der Waals surface area contributed by atoms with Crippen LogP contribution in [0.4, 0.5) is 14.5 Å². The number of nitrogens with zero attached hydrogens (tertiary/aromatic N) is 3. The fourth-order valence-corrected chi connectivity index (χ4v) is 1.11. The van der Waals surface area contributed by atoms with E-state index in [1.165, 1.54) is 0 Å². The largest absolute Gasteiger partial charge is 0.300 e. The van der Waals surface area contributed by atoms with Crippen LogP contribution in [0.15, 0.2) is 12.3 Å². The molecule has 0 saturated carbocycles. The monoisotopic (exact) mass is 213 g/mol. The third-order valence-corrected chi connectivity index (χ3v) is 1.70. The second-order valence-corrected chi connectivity index (χ2v) is 2.59. The van der Waals surface area contributed by atoms with E-state index in [0.29, 0.717) is 0 Å². The van der Waals surface area contributed by atoms with Gasteiger partial charge < -0.3 is 0 Å². The first-order valence-electron chi connectivity index (χ1n) is 3.85. The zero-order chi connectivity index (χ0) is 11.4. The fraction of sp³-hybridized carbons (Fsp3) is 0.250. The molecule has 1 aromatic rings. The van der Waals surface area contributed by atoms with Crippen LogP contribution in [-0.2, 0) is 6.42 Å². The van der Waals surface area contributed by atoms with Crippen LogP contribution >= 0.6 is 0 Å². The molecular formula is C8H5F2N3O2. The van der Waals surface area contributed by atoms with Crippen molar-refractivity contribution in [1.82, 2.24) is 4.98 Å². The standard InChI is InChI=1S/C8H5F2N3O2/c9-8(10)5-2-4-12-6(1-3-11)7(5)13(14)15/h2,4,8H,1H2. The van der Waals surface area contributed by atoms with Gasteiger partial charge in [0.15, 0.2) is 0 Å². The maximum atomic E-state index is 12.4. The SMILES string of the molecule is N#CCc1nccc(C(F)F)c1[N+](=O)[O-]. The van der Waals surface area contributed by atoms with Gasteiger partial charge in [0.1, 0.15) is 5.69 Å². The number of rotatable bonds is 3. The normalized spacial score (nSPS) is 10.0. The molecule has 1 rings (SSSR count). The summed E-state index contributed by atoms with van der Waals surface area (Å²) < 4.78 is 24.8. The van der Waals surface area contributed by atoms with Gasteiger partial charge in [0, 0.05) is 6.20 Å². The quantitative estimate of drug-likeness (QED) is 0.568. The molecule has 0 atom stereocenters. The van der Waals surface area contributed by atoms with Crippen LogP contribution in [-0.4, -0.2) is 9.91 Å². The summed E-state index contributed by atoms with van der Waals surface area (Å²) in [7, 11) is 0. The molecule has 0 aliphatic rings. The molecular weight excluding hydrogens is 208 g/mol. The molecule has 78 valence electrons. The molecule has 0 radical (unpaired) electrons. The lowest BCUT2D eigenvalue weighted by molar-refractivity contribution is -0.387. The topological polar surface area (TPSA) is 79.8 Å². The van der Waals surface area contributed by atoms with E-state index in [2.05, 4.69) is 4.98 Å². The van der Waals surface area contributed by atoms with Gasteiger partial charge in [-0.15, -0.1) is 0 Å². The number of aromatic nitrogens is 1. The van der Waals surface area contributed by atoms with E-state index in [9.17, 15) is 18.9 Å². The molecule has 7 heteroatoms. The minimum Gasteiger partial charge on any atom is -0.258 e. The molecule has 0 amide bonds. The summed E-state index contributed by atoms with van der Waals surface area (Å²) in [6.07, 6.45) is -2.29. The van der Waals surface area contributed by atoms with Crippen LogP contribution in [0, 0.1) is 21.4 Å². The lowest BCUT2D eigenvalue weighted by Crippen LogP contribution is -2.02. The Labute approximate surface area is 83.1 Å². The van der Waals surface area contributed by atoms with Crippen LogP contribution in [0.1, 0.15) is 17.7 Å². The van der Waals surface area contributed by atoms with Crippen molar-refractivity contribution in [3.8, 4) is 6.07 Å². The van der Waals surface area contributed by atoms with Crippen molar-refractivity contribution >= 4 is 5.69 Å². The summed E-state index contributed by atoms with van der Waals surface area (Å²) in [5.41, 5.74) is -1.71. The summed E-state index contributed by atoms with van der Waals surface area (Å²) in [6.45, 7) is 0. The first-order valence-corrected chi connectivity index (χ1v) is 3.85. The van der Waals surface area contributed by atoms with E-state index >= 15 is 0 Å². The molecule has 1 heterocycles. The minimum atomic E-state index is -2.95. The highest BCUT2D eigenvalue weighted by atomic mass is 19.3. The second-order valence-electron chi connectivity index (χ2n) is 2.59. The molecule has 0 unspecified atom stereocenters. The van der Waals surface area contributed by atoms with Gasteiger partial charge in [-0.1, -0.05) is 0 Å². The average molecular weight is 213 g/mol. The zero-order valence-electron chi connectivity index (χ0n) is 7.35. The van der Waals surface area contributed by atoms with Gasteiger partial charge in [0.25, 0.3) is 6.43 Å². The van der Waals surface area contributed by atoms with Gasteiger partial charge in [-0.25, -0.2) is 8.78 Å². The second kappa shape index (κ2) is 4.41. The van der Waals surface area contributed by atoms with E-state index in [1.54, 1.807) is 6.07 Å². The third-order valence-electron chi connectivity index (χ3n) is 1.70. The molecule has 0 aliphatic carbocycles. The van der Waals surface area contributed by atoms with Crippen LogP contribution in [0.25, 0.3) is 0 Å². The Morgan fingerprint density at radius 1 is 1.67 bits per heavy atom. The van der Waals surface area contributed by atoms with Crippen LogP contribution in [0.2, 0.25) is 0 Å². The molecule has 0 N–H and O–H groups in total. The molecule has 5 nitrogen and oxygen atoms in total. The van der Waals surface area contributed by atoms with E-state index in [4.69, 9.17) is 5.26 Å². The van der Waals surface area contributed by atoms with Crippen molar-refractivity contribution in [3.63, 3.8) is 0 Å². The lowest BCUT2D eigenvalue weighted by atomic mass is 10.1. The van der Waals surface area contributed by atoms with Gasteiger partial charge >= 0.3 is 5.69 Å². The Balaban J connectivity index is 3.36. The number of halogens is 2. The van der Waals surface area contributed by atoms with Crippen LogP contribution < -0.4 is 0 Å². The van der Waals surface area contributed by atoms with Gasteiger partial charge in [-0.2, -0.15) is 5.26 Å². The van der Waals surface area contributed by atoms with Crippen molar-refractivity contribution in [2.75, 3.05) is 0 Å². The van der Waals surface area contributed by atoms with Gasteiger partial charge in [0.2, 0.25) is 0 Å². The maximum Gasteiger partial charge on any atom is 0.300 e. The number of hydrogen-bond donors (Lipinski definition) is 0.